The third-order valence-corrected chi connectivity index (χ3v) is 2.03. The van der Waals surface area contributed by atoms with Gasteiger partial charge in [0.1, 0.15) is 24.4 Å². The van der Waals surface area contributed by atoms with Crippen LogP contribution < -0.4 is 0 Å². The summed E-state index contributed by atoms with van der Waals surface area (Å²) in [5, 5.41) is 39.6. The molecule has 1 rings (SSSR count). The van der Waals surface area contributed by atoms with E-state index in [1.165, 1.54) is 0 Å². The van der Waals surface area contributed by atoms with E-state index >= 15 is 0 Å². The van der Waals surface area contributed by atoms with Crippen molar-refractivity contribution < 1.29 is 25.2 Å². The highest BCUT2D eigenvalue weighted by molar-refractivity contribution is 4.90. The molecule has 1 aliphatic heterocycles. The first kappa shape index (κ1) is 11.2. The SMILES string of the molecule is [N-]=[N+]=N[C@@H]1OC(CO)[C@H](O)C(O)[C@@H]1O. The van der Waals surface area contributed by atoms with Crippen molar-refractivity contribution in [1.82, 2.24) is 0 Å². The Morgan fingerprint density at radius 3 is 2.36 bits per heavy atom. The van der Waals surface area contributed by atoms with Crippen LogP contribution in [0.1, 0.15) is 0 Å². The normalized spacial score (nSPS) is 43.0. The average Bonchev–Trinajstić information content (AvgIpc) is 2.19. The molecule has 80 valence electrons. The Labute approximate surface area is 79.0 Å². The molecule has 0 aromatic heterocycles. The van der Waals surface area contributed by atoms with E-state index in [0.29, 0.717) is 0 Å². The smallest absolute Gasteiger partial charge is 0.165 e. The molecule has 1 saturated heterocycles. The number of aliphatic hydroxyl groups excluding tert-OH is 4. The number of hydrogen-bond acceptors (Lipinski definition) is 6. The molecule has 8 nitrogen and oxygen atoms in total. The van der Waals surface area contributed by atoms with E-state index < -0.39 is 37.3 Å². The minimum absolute atomic E-state index is 0.539. The van der Waals surface area contributed by atoms with E-state index in [-0.39, 0.29) is 0 Å². The molecule has 0 saturated carbocycles. The van der Waals surface area contributed by atoms with Gasteiger partial charge in [-0.1, -0.05) is 5.11 Å². The minimum Gasteiger partial charge on any atom is -0.394 e. The van der Waals surface area contributed by atoms with Gasteiger partial charge in [-0.3, -0.25) is 0 Å². The molecule has 0 radical (unpaired) electrons. The van der Waals surface area contributed by atoms with Gasteiger partial charge in [0.15, 0.2) is 6.23 Å². The molecule has 0 aromatic carbocycles. The van der Waals surface area contributed by atoms with Gasteiger partial charge in [0.05, 0.1) is 6.61 Å². The van der Waals surface area contributed by atoms with Crippen LogP contribution in [-0.4, -0.2) is 57.7 Å². The first-order valence-electron chi connectivity index (χ1n) is 3.96. The van der Waals surface area contributed by atoms with Crippen molar-refractivity contribution in [3.05, 3.63) is 10.4 Å². The number of hydrogen-bond donors (Lipinski definition) is 4. The molecule has 4 N–H and O–H groups in total. The molecule has 14 heavy (non-hydrogen) atoms. The second-order valence-electron chi connectivity index (χ2n) is 2.92. The molecular formula is C6H11N3O5. The number of rotatable bonds is 2. The number of ether oxygens (including phenoxy) is 1. The zero-order chi connectivity index (χ0) is 10.7. The highest BCUT2D eigenvalue weighted by Crippen LogP contribution is 2.21. The molecule has 0 bridgehead atoms. The van der Waals surface area contributed by atoms with E-state index in [1.807, 2.05) is 0 Å². The second kappa shape index (κ2) is 4.56. The Morgan fingerprint density at radius 2 is 1.86 bits per heavy atom. The molecule has 0 spiro atoms. The highest BCUT2D eigenvalue weighted by Gasteiger charge is 2.42. The molecule has 1 heterocycles. The van der Waals surface area contributed by atoms with Gasteiger partial charge < -0.3 is 25.2 Å². The largest absolute Gasteiger partial charge is 0.394 e. The lowest BCUT2D eigenvalue weighted by Crippen LogP contribution is -2.57. The van der Waals surface area contributed by atoms with Crippen LogP contribution in [0.4, 0.5) is 0 Å². The topological polar surface area (TPSA) is 139 Å². The molecule has 2 unspecified atom stereocenters. The van der Waals surface area contributed by atoms with Crippen LogP contribution in [-0.2, 0) is 4.74 Å². The van der Waals surface area contributed by atoms with Gasteiger partial charge in [-0.2, -0.15) is 0 Å². The summed E-state index contributed by atoms with van der Waals surface area (Å²) in [4.78, 5) is 2.40. The van der Waals surface area contributed by atoms with Crippen LogP contribution in [0.15, 0.2) is 5.11 Å². The van der Waals surface area contributed by atoms with Crippen molar-refractivity contribution >= 4 is 0 Å². The van der Waals surface area contributed by atoms with Crippen LogP contribution >= 0.6 is 0 Å². The maximum Gasteiger partial charge on any atom is 0.165 e. The summed E-state index contributed by atoms with van der Waals surface area (Å²) < 4.78 is 4.84. The standard InChI is InChI=1S/C6H11N3O5/c7-9-8-6-5(13)4(12)3(11)2(1-10)14-6/h2-6,10-13H,1H2/t2?,3-,4?,5-,6+/m0/s1. The predicted molar refractivity (Wildman–Crippen MR) is 42.9 cm³/mol. The Balaban J connectivity index is 2.77. The van der Waals surface area contributed by atoms with E-state index in [4.69, 9.17) is 15.4 Å². The van der Waals surface area contributed by atoms with E-state index in [9.17, 15) is 15.3 Å². The van der Waals surface area contributed by atoms with Crippen LogP contribution in [0.25, 0.3) is 10.4 Å². The Morgan fingerprint density at radius 1 is 1.21 bits per heavy atom. The number of aliphatic hydroxyl groups is 4. The molecule has 5 atom stereocenters. The molecule has 0 aromatic rings. The number of nitrogens with zero attached hydrogens (tertiary/aromatic N) is 3. The summed E-state index contributed by atoms with van der Waals surface area (Å²) in [6.45, 7) is -0.539. The average molecular weight is 205 g/mol. The second-order valence-corrected chi connectivity index (χ2v) is 2.92. The number of azide groups is 1. The third-order valence-electron chi connectivity index (χ3n) is 2.03. The summed E-state index contributed by atoms with van der Waals surface area (Å²) in [7, 11) is 0. The van der Waals surface area contributed by atoms with Crippen LogP contribution in [0.3, 0.4) is 0 Å². The van der Waals surface area contributed by atoms with Gasteiger partial charge in [0.25, 0.3) is 0 Å². The fraction of sp³-hybridized carbons (Fsp3) is 1.00. The Kier molecular flexibility index (Phi) is 3.64. The monoisotopic (exact) mass is 205 g/mol. The lowest BCUT2D eigenvalue weighted by molar-refractivity contribution is -0.227. The van der Waals surface area contributed by atoms with E-state index in [0.717, 1.165) is 0 Å². The van der Waals surface area contributed by atoms with Crippen molar-refractivity contribution in [2.45, 2.75) is 30.6 Å². The van der Waals surface area contributed by atoms with Crippen LogP contribution in [0, 0.1) is 0 Å². The summed E-state index contributed by atoms with van der Waals surface area (Å²) in [5.41, 5.74) is 8.11. The molecule has 1 fully saturated rings. The van der Waals surface area contributed by atoms with E-state index in [1.54, 1.807) is 0 Å². The maximum atomic E-state index is 9.27. The van der Waals surface area contributed by atoms with E-state index in [2.05, 4.69) is 10.0 Å². The molecular weight excluding hydrogens is 194 g/mol. The Bertz CT molecular complexity index is 242. The first-order valence-corrected chi connectivity index (χ1v) is 3.96. The van der Waals surface area contributed by atoms with Crippen molar-refractivity contribution in [1.29, 1.82) is 0 Å². The van der Waals surface area contributed by atoms with Crippen molar-refractivity contribution in [3.8, 4) is 0 Å². The van der Waals surface area contributed by atoms with Crippen molar-refractivity contribution in [3.63, 3.8) is 0 Å². The maximum absolute atomic E-state index is 9.27. The van der Waals surface area contributed by atoms with Crippen molar-refractivity contribution in [2.24, 2.45) is 5.11 Å². The van der Waals surface area contributed by atoms with Gasteiger partial charge in [-0.05, 0) is 5.53 Å². The summed E-state index contributed by atoms with van der Waals surface area (Å²) >= 11 is 0. The zero-order valence-electron chi connectivity index (χ0n) is 7.13. The lowest BCUT2D eigenvalue weighted by atomic mass is 9.99. The third kappa shape index (κ3) is 1.95. The van der Waals surface area contributed by atoms with Gasteiger partial charge in [0.2, 0.25) is 0 Å². The molecule has 1 aliphatic rings. The minimum atomic E-state index is -1.50. The predicted octanol–water partition coefficient (Wildman–Crippen LogP) is -1.90. The molecule has 0 amide bonds. The van der Waals surface area contributed by atoms with Crippen LogP contribution in [0.2, 0.25) is 0 Å². The first-order chi connectivity index (χ1) is 6.61. The summed E-state index contributed by atoms with van der Waals surface area (Å²) in [6, 6.07) is 0. The molecule has 8 heteroatoms. The van der Waals surface area contributed by atoms with Crippen LogP contribution in [0.5, 0.6) is 0 Å². The fourth-order valence-corrected chi connectivity index (χ4v) is 1.23. The Hall–Kier alpha value is -0.890. The van der Waals surface area contributed by atoms with Gasteiger partial charge in [-0.25, -0.2) is 0 Å². The van der Waals surface area contributed by atoms with Gasteiger partial charge >= 0.3 is 0 Å². The van der Waals surface area contributed by atoms with Crippen molar-refractivity contribution in [2.75, 3.05) is 6.61 Å². The van der Waals surface area contributed by atoms with Gasteiger partial charge in [0, 0.05) is 4.91 Å². The van der Waals surface area contributed by atoms with Gasteiger partial charge in [-0.15, -0.1) is 0 Å². The summed E-state index contributed by atoms with van der Waals surface area (Å²) in [6.07, 6.45) is -6.76. The lowest BCUT2D eigenvalue weighted by Gasteiger charge is -2.37. The summed E-state index contributed by atoms with van der Waals surface area (Å²) in [5.74, 6) is 0. The quantitative estimate of drug-likeness (QED) is 0.237. The fourth-order valence-electron chi connectivity index (χ4n) is 1.23. The molecule has 0 aliphatic carbocycles. The highest BCUT2D eigenvalue weighted by atomic mass is 16.6. The zero-order valence-corrected chi connectivity index (χ0v) is 7.13.